The molecule has 0 unspecified atom stereocenters. The molecule has 3 aromatic rings. The first-order valence-corrected chi connectivity index (χ1v) is 11.4. The summed E-state index contributed by atoms with van der Waals surface area (Å²) in [6.45, 7) is 19.7. The van der Waals surface area contributed by atoms with Crippen LogP contribution in [0.5, 0.6) is 0 Å². The van der Waals surface area contributed by atoms with E-state index in [9.17, 15) is 0 Å². The minimum absolute atomic E-state index is 1.18. The SMILES string of the molecule is Cc1cc(C)c(C2=CN(c3c(C)cc(C)cc3C)NN2c2c(C)cc(C)cc2C)c(C)c1. The summed E-state index contributed by atoms with van der Waals surface area (Å²) in [7, 11) is 0. The van der Waals surface area contributed by atoms with Crippen LogP contribution in [0.25, 0.3) is 5.70 Å². The van der Waals surface area contributed by atoms with E-state index in [0.29, 0.717) is 0 Å². The second-order valence-corrected chi connectivity index (χ2v) is 9.59. The van der Waals surface area contributed by atoms with Gasteiger partial charge in [-0.1, -0.05) is 53.1 Å². The van der Waals surface area contributed by atoms with Crippen LogP contribution in [0, 0.1) is 62.3 Å². The van der Waals surface area contributed by atoms with Crippen LogP contribution in [0.15, 0.2) is 42.6 Å². The van der Waals surface area contributed by atoms with E-state index in [2.05, 4.69) is 120 Å². The number of anilines is 2. The molecule has 166 valence electrons. The van der Waals surface area contributed by atoms with E-state index in [0.717, 1.165) is 0 Å². The maximum Gasteiger partial charge on any atom is 0.0852 e. The van der Waals surface area contributed by atoms with Gasteiger partial charge in [0.25, 0.3) is 0 Å². The highest BCUT2D eigenvalue weighted by Gasteiger charge is 2.30. The van der Waals surface area contributed by atoms with E-state index in [4.69, 9.17) is 0 Å². The molecule has 0 fully saturated rings. The molecule has 3 heteroatoms. The molecule has 32 heavy (non-hydrogen) atoms. The third-order valence-electron chi connectivity index (χ3n) is 6.37. The molecule has 1 N–H and O–H groups in total. The predicted molar refractivity (Wildman–Crippen MR) is 138 cm³/mol. The van der Waals surface area contributed by atoms with Gasteiger partial charge in [0.1, 0.15) is 0 Å². The Balaban J connectivity index is 1.95. The summed E-state index contributed by atoms with van der Waals surface area (Å²) >= 11 is 0. The average molecular weight is 426 g/mol. The van der Waals surface area contributed by atoms with E-state index in [1.54, 1.807) is 0 Å². The molecule has 3 aromatic carbocycles. The number of nitrogens with zero attached hydrogens (tertiary/aromatic N) is 2. The summed E-state index contributed by atoms with van der Waals surface area (Å²) in [5, 5.41) is 4.46. The highest BCUT2D eigenvalue weighted by molar-refractivity contribution is 5.88. The maximum absolute atomic E-state index is 3.72. The Kier molecular flexibility index (Phi) is 5.64. The van der Waals surface area contributed by atoms with Crippen molar-refractivity contribution in [1.29, 1.82) is 0 Å². The molecule has 0 atom stereocenters. The smallest absolute Gasteiger partial charge is 0.0852 e. The quantitative estimate of drug-likeness (QED) is 0.478. The lowest BCUT2D eigenvalue weighted by Gasteiger charge is -2.30. The Morgan fingerprint density at radius 3 is 1.31 bits per heavy atom. The molecule has 1 aliphatic rings. The fourth-order valence-electron chi connectivity index (χ4n) is 5.49. The number of rotatable bonds is 3. The summed E-state index contributed by atoms with van der Waals surface area (Å²) < 4.78 is 0. The number of hydrogen-bond donors (Lipinski definition) is 1. The van der Waals surface area contributed by atoms with E-state index >= 15 is 0 Å². The van der Waals surface area contributed by atoms with Gasteiger partial charge in [-0.25, -0.2) is 0 Å². The minimum atomic E-state index is 1.18. The second kappa shape index (κ2) is 8.14. The highest BCUT2D eigenvalue weighted by atomic mass is 15.8. The van der Waals surface area contributed by atoms with E-state index in [-0.39, 0.29) is 0 Å². The van der Waals surface area contributed by atoms with Gasteiger partial charge >= 0.3 is 0 Å². The predicted octanol–water partition coefficient (Wildman–Crippen LogP) is 7.21. The van der Waals surface area contributed by atoms with E-state index in [1.165, 1.54) is 72.7 Å². The fourth-order valence-corrected chi connectivity index (χ4v) is 5.49. The molecular formula is C29H35N3. The third-order valence-corrected chi connectivity index (χ3v) is 6.37. The molecule has 0 aromatic heterocycles. The van der Waals surface area contributed by atoms with Crippen molar-refractivity contribution in [3.05, 3.63) is 98.2 Å². The van der Waals surface area contributed by atoms with Gasteiger partial charge in [0.15, 0.2) is 0 Å². The van der Waals surface area contributed by atoms with Crippen LogP contribution in [-0.2, 0) is 0 Å². The van der Waals surface area contributed by atoms with Crippen molar-refractivity contribution in [3.63, 3.8) is 0 Å². The molecule has 0 saturated heterocycles. The second-order valence-electron chi connectivity index (χ2n) is 9.59. The zero-order chi connectivity index (χ0) is 23.3. The van der Waals surface area contributed by atoms with Crippen LogP contribution in [0.2, 0.25) is 0 Å². The standard InChI is InChI=1S/C29H35N3/c1-17-10-20(4)27(21(5)11-17)26-16-31(28-22(6)12-18(2)13-23(28)7)30-32(26)29-24(8)14-19(3)15-25(29)9/h10-16,30H,1-9H3. The zero-order valence-corrected chi connectivity index (χ0v) is 20.9. The van der Waals surface area contributed by atoms with Gasteiger partial charge in [-0.15, -0.1) is 5.53 Å². The van der Waals surface area contributed by atoms with Crippen molar-refractivity contribution in [3.8, 4) is 0 Å². The van der Waals surface area contributed by atoms with Crippen LogP contribution in [0.3, 0.4) is 0 Å². The van der Waals surface area contributed by atoms with Crippen LogP contribution < -0.4 is 15.6 Å². The molecule has 1 heterocycles. The molecular weight excluding hydrogens is 390 g/mol. The minimum Gasteiger partial charge on any atom is -0.263 e. The Morgan fingerprint density at radius 1 is 0.500 bits per heavy atom. The van der Waals surface area contributed by atoms with Crippen molar-refractivity contribution < 1.29 is 0 Å². The van der Waals surface area contributed by atoms with Gasteiger partial charge in [0, 0.05) is 11.8 Å². The van der Waals surface area contributed by atoms with E-state index in [1.807, 2.05) is 0 Å². The highest BCUT2D eigenvalue weighted by Crippen LogP contribution is 2.39. The molecule has 4 rings (SSSR count). The average Bonchev–Trinajstić information content (AvgIpc) is 3.03. The summed E-state index contributed by atoms with van der Waals surface area (Å²) in [5.74, 6) is 0. The van der Waals surface area contributed by atoms with Crippen molar-refractivity contribution in [2.24, 2.45) is 0 Å². The first kappa shape index (κ1) is 22.2. The molecule has 0 radical (unpaired) electrons. The van der Waals surface area contributed by atoms with Gasteiger partial charge in [-0.2, -0.15) is 0 Å². The van der Waals surface area contributed by atoms with Crippen molar-refractivity contribution in [2.45, 2.75) is 62.3 Å². The van der Waals surface area contributed by atoms with E-state index < -0.39 is 0 Å². The van der Waals surface area contributed by atoms with Gasteiger partial charge in [0.05, 0.1) is 17.1 Å². The summed E-state index contributed by atoms with van der Waals surface area (Å²) in [5.41, 5.74) is 20.1. The van der Waals surface area contributed by atoms with Crippen LogP contribution in [-0.4, -0.2) is 0 Å². The molecule has 0 aliphatic carbocycles. The summed E-state index contributed by atoms with van der Waals surface area (Å²) in [6, 6.07) is 13.6. The Bertz CT molecular complexity index is 1180. The van der Waals surface area contributed by atoms with Crippen LogP contribution >= 0.6 is 0 Å². The van der Waals surface area contributed by atoms with Crippen molar-refractivity contribution in [1.82, 2.24) is 5.53 Å². The topological polar surface area (TPSA) is 18.5 Å². The van der Waals surface area contributed by atoms with Crippen molar-refractivity contribution >= 4 is 17.1 Å². The molecule has 3 nitrogen and oxygen atoms in total. The lowest BCUT2D eigenvalue weighted by atomic mass is 9.96. The lowest BCUT2D eigenvalue weighted by Crippen LogP contribution is -2.42. The Morgan fingerprint density at radius 2 is 0.875 bits per heavy atom. The maximum atomic E-state index is 3.72. The molecule has 0 saturated carbocycles. The lowest BCUT2D eigenvalue weighted by molar-refractivity contribution is 0.751. The Labute approximate surface area is 193 Å². The normalized spacial score (nSPS) is 13.7. The zero-order valence-electron chi connectivity index (χ0n) is 20.9. The number of hydrogen-bond acceptors (Lipinski definition) is 3. The van der Waals surface area contributed by atoms with Crippen LogP contribution in [0.4, 0.5) is 11.4 Å². The molecule has 1 aliphatic heterocycles. The number of nitrogens with one attached hydrogen (secondary N) is 1. The molecule has 0 spiro atoms. The largest absolute Gasteiger partial charge is 0.263 e. The van der Waals surface area contributed by atoms with Gasteiger partial charge < -0.3 is 0 Å². The summed E-state index contributed by atoms with van der Waals surface area (Å²) in [6.07, 6.45) is 2.26. The Hall–Kier alpha value is -3.04. The molecule has 0 amide bonds. The van der Waals surface area contributed by atoms with Crippen LogP contribution in [0.1, 0.15) is 55.6 Å². The number of aryl methyl sites for hydroxylation is 9. The number of hydrazine groups is 2. The number of benzene rings is 3. The van der Waals surface area contributed by atoms with Crippen molar-refractivity contribution in [2.75, 3.05) is 10.0 Å². The first-order chi connectivity index (χ1) is 15.1. The fraction of sp³-hybridized carbons (Fsp3) is 0.310. The van der Waals surface area contributed by atoms with Gasteiger partial charge in [-0.3, -0.25) is 10.0 Å². The van der Waals surface area contributed by atoms with Gasteiger partial charge in [-0.05, 0) is 95.7 Å². The monoisotopic (exact) mass is 425 g/mol. The van der Waals surface area contributed by atoms with Gasteiger partial charge in [0.2, 0.25) is 0 Å². The summed E-state index contributed by atoms with van der Waals surface area (Å²) in [4.78, 5) is 0. The first-order valence-electron chi connectivity index (χ1n) is 11.4. The third kappa shape index (κ3) is 3.82. The molecule has 0 bridgehead atoms.